The molecule has 3 rings (SSSR count). The molecule has 0 unspecified atom stereocenters. The van der Waals surface area contributed by atoms with Crippen molar-refractivity contribution in [1.82, 2.24) is 4.90 Å². The molecule has 2 fully saturated rings. The normalized spacial score (nSPS) is 21.4. The van der Waals surface area contributed by atoms with E-state index in [4.69, 9.17) is 10.5 Å². The molecule has 1 saturated carbocycles. The molecule has 1 aromatic rings. The first-order chi connectivity index (χ1) is 10.1. The summed E-state index contributed by atoms with van der Waals surface area (Å²) < 4.78 is 33.1. The maximum absolute atomic E-state index is 13.9. The molecule has 1 aromatic carbocycles. The summed E-state index contributed by atoms with van der Waals surface area (Å²) >= 11 is 0. The van der Waals surface area contributed by atoms with Gasteiger partial charge in [-0.25, -0.2) is 8.78 Å². The molecule has 0 amide bonds. The van der Waals surface area contributed by atoms with Crippen LogP contribution >= 0.6 is 0 Å². The third-order valence-electron chi connectivity index (χ3n) is 4.23. The minimum atomic E-state index is -0.521. The Morgan fingerprint density at radius 1 is 1.24 bits per heavy atom. The van der Waals surface area contributed by atoms with Gasteiger partial charge in [0.15, 0.2) is 5.96 Å². The smallest absolute Gasteiger partial charge is 0.191 e. The number of nitrogens with two attached hydrogens (primary N) is 1. The second-order valence-electron chi connectivity index (χ2n) is 5.65. The fourth-order valence-electron chi connectivity index (χ4n) is 2.77. The zero-order valence-corrected chi connectivity index (χ0v) is 11.8. The lowest BCUT2D eigenvalue weighted by atomic mass is 9.95. The molecule has 6 heteroatoms. The minimum Gasteiger partial charge on any atom is -0.378 e. The highest BCUT2D eigenvalue weighted by Gasteiger charge is 2.47. The number of rotatable bonds is 3. The van der Waals surface area contributed by atoms with E-state index < -0.39 is 17.0 Å². The number of nitrogens with zero attached hydrogens (tertiary/aromatic N) is 2. The van der Waals surface area contributed by atoms with Crippen molar-refractivity contribution in [3.63, 3.8) is 0 Å². The second kappa shape index (κ2) is 5.60. The summed E-state index contributed by atoms with van der Waals surface area (Å²) in [7, 11) is 0. The average Bonchev–Trinajstić information content (AvgIpc) is 3.26. The lowest BCUT2D eigenvalue weighted by Crippen LogP contribution is -2.45. The molecule has 1 aliphatic heterocycles. The summed E-state index contributed by atoms with van der Waals surface area (Å²) in [6.07, 6.45) is 1.48. The van der Waals surface area contributed by atoms with Crippen LogP contribution < -0.4 is 5.73 Å². The lowest BCUT2D eigenvalue weighted by Gasteiger charge is -2.28. The van der Waals surface area contributed by atoms with E-state index in [0.717, 1.165) is 12.8 Å². The number of benzene rings is 1. The number of hydrogen-bond acceptors (Lipinski definition) is 2. The van der Waals surface area contributed by atoms with Gasteiger partial charge in [0.2, 0.25) is 0 Å². The van der Waals surface area contributed by atoms with Crippen molar-refractivity contribution in [1.29, 1.82) is 0 Å². The largest absolute Gasteiger partial charge is 0.378 e. The molecule has 114 valence electrons. The molecule has 0 spiro atoms. The molecule has 2 aliphatic rings. The van der Waals surface area contributed by atoms with Gasteiger partial charge in [-0.2, -0.15) is 0 Å². The van der Waals surface area contributed by atoms with Crippen molar-refractivity contribution in [2.45, 2.75) is 18.3 Å². The molecule has 4 nitrogen and oxygen atoms in total. The van der Waals surface area contributed by atoms with Crippen LogP contribution in [0, 0.1) is 11.6 Å². The fraction of sp³-hybridized carbons (Fsp3) is 0.533. The quantitative estimate of drug-likeness (QED) is 0.681. The molecule has 0 bridgehead atoms. The van der Waals surface area contributed by atoms with Crippen molar-refractivity contribution in [2.24, 2.45) is 10.7 Å². The number of guanidine groups is 1. The van der Waals surface area contributed by atoms with Crippen molar-refractivity contribution in [2.75, 3.05) is 32.8 Å². The maximum Gasteiger partial charge on any atom is 0.191 e. The molecular weight excluding hydrogens is 276 g/mol. The Bertz CT molecular complexity index is 532. The van der Waals surface area contributed by atoms with Crippen molar-refractivity contribution in [3.8, 4) is 0 Å². The van der Waals surface area contributed by atoms with Gasteiger partial charge in [0.1, 0.15) is 11.6 Å². The van der Waals surface area contributed by atoms with Gasteiger partial charge in [-0.15, -0.1) is 0 Å². The average molecular weight is 295 g/mol. The Morgan fingerprint density at radius 2 is 1.86 bits per heavy atom. The first-order valence-electron chi connectivity index (χ1n) is 7.19. The molecule has 0 aromatic heterocycles. The van der Waals surface area contributed by atoms with Crippen LogP contribution in [0.15, 0.2) is 23.2 Å². The standard InChI is InChI=1S/C15H19F2N3O/c16-11-2-1-3-12(17)13(11)15(4-5-15)10-19-14(18)20-6-8-21-9-7-20/h1-3H,4-10H2,(H2,18,19). The van der Waals surface area contributed by atoms with Gasteiger partial charge in [0.25, 0.3) is 0 Å². The summed E-state index contributed by atoms with van der Waals surface area (Å²) in [5, 5.41) is 0. The van der Waals surface area contributed by atoms with Gasteiger partial charge < -0.3 is 15.4 Å². The highest BCUT2D eigenvalue weighted by molar-refractivity contribution is 5.78. The van der Waals surface area contributed by atoms with Crippen LogP contribution in [0.2, 0.25) is 0 Å². The zero-order valence-electron chi connectivity index (χ0n) is 11.8. The van der Waals surface area contributed by atoms with E-state index in [2.05, 4.69) is 4.99 Å². The van der Waals surface area contributed by atoms with E-state index in [9.17, 15) is 8.78 Å². The van der Waals surface area contributed by atoms with E-state index in [1.165, 1.54) is 18.2 Å². The monoisotopic (exact) mass is 295 g/mol. The SMILES string of the molecule is NC(=NCC1(c2c(F)cccc2F)CC1)N1CCOCC1. The fourth-order valence-corrected chi connectivity index (χ4v) is 2.77. The summed E-state index contributed by atoms with van der Waals surface area (Å²) in [5.41, 5.74) is 5.60. The first kappa shape index (κ1) is 14.3. The van der Waals surface area contributed by atoms with Gasteiger partial charge in [0, 0.05) is 24.1 Å². The third-order valence-corrected chi connectivity index (χ3v) is 4.23. The van der Waals surface area contributed by atoms with E-state index >= 15 is 0 Å². The zero-order chi connectivity index (χ0) is 14.9. The van der Waals surface area contributed by atoms with Crippen molar-refractivity contribution < 1.29 is 13.5 Å². The predicted molar refractivity (Wildman–Crippen MR) is 76.2 cm³/mol. The first-order valence-corrected chi connectivity index (χ1v) is 7.19. The van der Waals surface area contributed by atoms with Crippen molar-refractivity contribution >= 4 is 5.96 Å². The van der Waals surface area contributed by atoms with Crippen LogP contribution in [0.3, 0.4) is 0 Å². The molecule has 0 radical (unpaired) electrons. The Hall–Kier alpha value is -1.69. The number of aliphatic imine (C=N–C) groups is 1. The van der Waals surface area contributed by atoms with Crippen LogP contribution in [-0.4, -0.2) is 43.7 Å². The second-order valence-corrected chi connectivity index (χ2v) is 5.65. The summed E-state index contributed by atoms with van der Waals surface area (Å²) in [5.74, 6) is -0.554. The highest BCUT2D eigenvalue weighted by Crippen LogP contribution is 2.50. The molecule has 0 atom stereocenters. The van der Waals surface area contributed by atoms with Gasteiger partial charge in [-0.05, 0) is 25.0 Å². The maximum atomic E-state index is 13.9. The van der Waals surface area contributed by atoms with E-state index in [-0.39, 0.29) is 5.56 Å². The topological polar surface area (TPSA) is 50.8 Å². The summed E-state index contributed by atoms with van der Waals surface area (Å²) in [6.45, 7) is 2.99. The molecule has 2 N–H and O–H groups in total. The van der Waals surface area contributed by atoms with Gasteiger partial charge in [-0.3, -0.25) is 4.99 Å². The molecule has 1 aliphatic carbocycles. The summed E-state index contributed by atoms with van der Waals surface area (Å²) in [6, 6.07) is 3.98. The lowest BCUT2D eigenvalue weighted by molar-refractivity contribution is 0.0674. The van der Waals surface area contributed by atoms with Crippen molar-refractivity contribution in [3.05, 3.63) is 35.4 Å². The molecular formula is C15H19F2N3O. The Kier molecular flexibility index (Phi) is 3.80. The Labute approximate surface area is 122 Å². The van der Waals surface area contributed by atoms with Crippen LogP contribution in [0.5, 0.6) is 0 Å². The van der Waals surface area contributed by atoms with Crippen LogP contribution in [-0.2, 0) is 10.2 Å². The third kappa shape index (κ3) is 2.85. The van der Waals surface area contributed by atoms with Gasteiger partial charge in [0.05, 0.1) is 19.8 Å². The van der Waals surface area contributed by atoms with E-state index in [0.29, 0.717) is 38.8 Å². The minimum absolute atomic E-state index is 0.156. The Balaban J connectivity index is 1.75. The Morgan fingerprint density at radius 3 is 2.43 bits per heavy atom. The van der Waals surface area contributed by atoms with Gasteiger partial charge >= 0.3 is 0 Å². The molecule has 1 saturated heterocycles. The number of hydrogen-bond donors (Lipinski definition) is 1. The number of halogens is 2. The number of morpholine rings is 1. The van der Waals surface area contributed by atoms with E-state index in [1.54, 1.807) is 0 Å². The highest BCUT2D eigenvalue weighted by atomic mass is 19.1. The van der Waals surface area contributed by atoms with E-state index in [1.807, 2.05) is 4.90 Å². The summed E-state index contributed by atoms with van der Waals surface area (Å²) in [4.78, 5) is 6.31. The van der Waals surface area contributed by atoms with Crippen LogP contribution in [0.1, 0.15) is 18.4 Å². The van der Waals surface area contributed by atoms with Crippen LogP contribution in [0.4, 0.5) is 8.78 Å². The molecule has 21 heavy (non-hydrogen) atoms. The predicted octanol–water partition coefficient (Wildman–Crippen LogP) is 1.64. The van der Waals surface area contributed by atoms with Crippen LogP contribution in [0.25, 0.3) is 0 Å². The molecule has 1 heterocycles. The van der Waals surface area contributed by atoms with Gasteiger partial charge in [-0.1, -0.05) is 6.07 Å². The number of ether oxygens (including phenoxy) is 1.